The molecular formula is C2H7ClS. The number of halogens is 1. The highest BCUT2D eigenvalue weighted by Gasteiger charge is 1.32. The van der Waals surface area contributed by atoms with Crippen molar-refractivity contribution in [2.45, 2.75) is 0 Å². The van der Waals surface area contributed by atoms with Crippen LogP contribution in [0.25, 0.3) is 0 Å². The molecule has 4 heavy (non-hydrogen) atoms. The first kappa shape index (κ1) is 8.82. The SMILES string of the molecule is CSC.Cl. The lowest BCUT2D eigenvalue weighted by Gasteiger charge is -1.51. The molecule has 0 bridgehead atoms. The van der Waals surface area contributed by atoms with Gasteiger partial charge in [-0.05, 0) is 12.5 Å². The number of rotatable bonds is 0. The molecule has 0 radical (unpaired) electrons. The second-order valence-electron chi connectivity index (χ2n) is 0.408. The van der Waals surface area contributed by atoms with E-state index in [1.165, 1.54) is 0 Å². The zero-order valence-corrected chi connectivity index (χ0v) is 4.45. The fraction of sp³-hybridized carbons (Fsp3) is 1.00. The zero-order chi connectivity index (χ0) is 2.71. The summed E-state index contributed by atoms with van der Waals surface area (Å²) in [4.78, 5) is 0. The lowest BCUT2D eigenvalue weighted by Crippen LogP contribution is -1.25. The van der Waals surface area contributed by atoms with Gasteiger partial charge in [-0.25, -0.2) is 0 Å². The Morgan fingerprint density at radius 1 is 1.25 bits per heavy atom. The van der Waals surface area contributed by atoms with Crippen molar-refractivity contribution < 1.29 is 0 Å². The number of hydrogen-bond acceptors (Lipinski definition) is 1. The topological polar surface area (TPSA) is 0 Å². The number of hydrogen-bond donors (Lipinski definition) is 0. The molecule has 0 amide bonds. The van der Waals surface area contributed by atoms with Crippen LogP contribution in [0.4, 0.5) is 0 Å². The molecule has 0 saturated carbocycles. The van der Waals surface area contributed by atoms with E-state index in [4.69, 9.17) is 0 Å². The highest BCUT2D eigenvalue weighted by Crippen LogP contribution is 1.70. The monoisotopic (exact) mass is 98.0 g/mol. The van der Waals surface area contributed by atoms with Gasteiger partial charge in [-0.1, -0.05) is 0 Å². The molecule has 0 aromatic heterocycles. The minimum atomic E-state index is 0. The van der Waals surface area contributed by atoms with Gasteiger partial charge in [0, 0.05) is 0 Å². The summed E-state index contributed by atoms with van der Waals surface area (Å²) in [6, 6.07) is 0. The third-order valence-corrected chi connectivity index (χ3v) is 0. The molecular weight excluding hydrogens is 91.5 g/mol. The summed E-state index contributed by atoms with van der Waals surface area (Å²) >= 11 is 1.75. The highest BCUT2D eigenvalue weighted by molar-refractivity contribution is 7.97. The quantitative estimate of drug-likeness (QED) is 0.442. The maximum Gasteiger partial charge on any atom is -0.0187 e. The molecule has 0 unspecified atom stereocenters. The van der Waals surface area contributed by atoms with E-state index in [9.17, 15) is 0 Å². The van der Waals surface area contributed by atoms with Crippen LogP contribution in [0.2, 0.25) is 0 Å². The molecule has 0 saturated heterocycles. The van der Waals surface area contributed by atoms with Crippen LogP contribution >= 0.6 is 24.2 Å². The maximum atomic E-state index is 2.04. The second-order valence-corrected chi connectivity index (χ2v) is 1.22. The van der Waals surface area contributed by atoms with Crippen LogP contribution in [0.15, 0.2) is 0 Å². The zero-order valence-electron chi connectivity index (χ0n) is 2.82. The lowest BCUT2D eigenvalue weighted by molar-refractivity contribution is 2.37. The molecule has 0 spiro atoms. The van der Waals surface area contributed by atoms with Crippen molar-refractivity contribution in [2.75, 3.05) is 12.5 Å². The van der Waals surface area contributed by atoms with Gasteiger partial charge >= 0.3 is 0 Å². The van der Waals surface area contributed by atoms with Crippen molar-refractivity contribution in [1.29, 1.82) is 0 Å². The summed E-state index contributed by atoms with van der Waals surface area (Å²) in [5, 5.41) is 0. The van der Waals surface area contributed by atoms with Crippen LogP contribution in [0, 0.1) is 0 Å². The average molecular weight is 98.6 g/mol. The number of thioether (sulfide) groups is 1. The van der Waals surface area contributed by atoms with Gasteiger partial charge in [0.2, 0.25) is 0 Å². The Balaban J connectivity index is 0. The molecule has 0 aliphatic heterocycles. The van der Waals surface area contributed by atoms with Crippen LogP contribution < -0.4 is 0 Å². The van der Waals surface area contributed by atoms with Crippen LogP contribution in [-0.4, -0.2) is 12.5 Å². The Labute approximate surface area is 37.4 Å². The van der Waals surface area contributed by atoms with Gasteiger partial charge < -0.3 is 0 Å². The Bertz CT molecular complexity index is 6.00. The van der Waals surface area contributed by atoms with Crippen molar-refractivity contribution in [1.82, 2.24) is 0 Å². The normalized spacial score (nSPS) is 4.50. The van der Waals surface area contributed by atoms with Crippen molar-refractivity contribution in [2.24, 2.45) is 0 Å². The van der Waals surface area contributed by atoms with Gasteiger partial charge in [-0.15, -0.1) is 12.4 Å². The third kappa shape index (κ3) is 17.3. The third-order valence-electron chi connectivity index (χ3n) is 0. The molecule has 0 aliphatic carbocycles. The lowest BCUT2D eigenvalue weighted by atomic mass is 11.9. The largest absolute Gasteiger partial charge is 0.169 e. The van der Waals surface area contributed by atoms with Crippen LogP contribution in [0.3, 0.4) is 0 Å². The molecule has 0 fully saturated rings. The van der Waals surface area contributed by atoms with E-state index in [1.54, 1.807) is 11.8 Å². The molecule has 2 heteroatoms. The predicted molar refractivity (Wildman–Crippen MR) is 26.7 cm³/mol. The minimum absolute atomic E-state index is 0. The fourth-order valence-corrected chi connectivity index (χ4v) is 0. The summed E-state index contributed by atoms with van der Waals surface area (Å²) in [5.41, 5.74) is 0. The molecule has 0 heterocycles. The van der Waals surface area contributed by atoms with Crippen molar-refractivity contribution in [3.63, 3.8) is 0 Å². The maximum absolute atomic E-state index is 2.04. The van der Waals surface area contributed by atoms with E-state index in [2.05, 4.69) is 0 Å². The summed E-state index contributed by atoms with van der Waals surface area (Å²) in [7, 11) is 0. The summed E-state index contributed by atoms with van der Waals surface area (Å²) < 4.78 is 0. The Hall–Kier alpha value is 0.640. The van der Waals surface area contributed by atoms with E-state index in [0.717, 1.165) is 0 Å². The van der Waals surface area contributed by atoms with Crippen molar-refractivity contribution in [3.05, 3.63) is 0 Å². The van der Waals surface area contributed by atoms with Crippen LogP contribution in [0.1, 0.15) is 0 Å². The van der Waals surface area contributed by atoms with Gasteiger partial charge in [-0.3, -0.25) is 0 Å². The van der Waals surface area contributed by atoms with Crippen molar-refractivity contribution >= 4 is 24.2 Å². The van der Waals surface area contributed by atoms with Crippen LogP contribution in [0.5, 0.6) is 0 Å². The first-order valence-corrected chi connectivity index (χ1v) is 2.45. The van der Waals surface area contributed by atoms with Gasteiger partial charge in [0.25, 0.3) is 0 Å². The molecule has 0 rings (SSSR count). The van der Waals surface area contributed by atoms with E-state index in [0.29, 0.717) is 0 Å². The van der Waals surface area contributed by atoms with E-state index < -0.39 is 0 Å². The molecule has 0 aromatic carbocycles. The highest BCUT2D eigenvalue weighted by atomic mass is 35.5. The Kier molecular flexibility index (Phi) is 20.8. The van der Waals surface area contributed by atoms with Gasteiger partial charge in [0.15, 0.2) is 0 Å². The smallest absolute Gasteiger partial charge is 0.0187 e. The van der Waals surface area contributed by atoms with E-state index in [1.807, 2.05) is 12.5 Å². The minimum Gasteiger partial charge on any atom is -0.169 e. The standard InChI is InChI=1S/C2H6S.ClH/c1-3-2;/h1-2H3;1H. The van der Waals surface area contributed by atoms with E-state index in [-0.39, 0.29) is 12.4 Å². The molecule has 0 atom stereocenters. The molecule has 0 aliphatic rings. The molecule has 0 aromatic rings. The Morgan fingerprint density at radius 3 is 1.25 bits per heavy atom. The predicted octanol–water partition coefficient (Wildman–Crippen LogP) is 1.40. The first-order valence-electron chi connectivity index (χ1n) is 0.816. The Morgan fingerprint density at radius 2 is 1.25 bits per heavy atom. The fourth-order valence-electron chi connectivity index (χ4n) is 0. The second kappa shape index (κ2) is 9.43. The van der Waals surface area contributed by atoms with Gasteiger partial charge in [0.1, 0.15) is 0 Å². The molecule has 0 N–H and O–H groups in total. The summed E-state index contributed by atoms with van der Waals surface area (Å²) in [5.74, 6) is 0. The van der Waals surface area contributed by atoms with Crippen molar-refractivity contribution in [3.8, 4) is 0 Å². The van der Waals surface area contributed by atoms with Gasteiger partial charge in [0.05, 0.1) is 0 Å². The van der Waals surface area contributed by atoms with Gasteiger partial charge in [-0.2, -0.15) is 11.8 Å². The molecule has 0 nitrogen and oxygen atoms in total. The van der Waals surface area contributed by atoms with E-state index >= 15 is 0 Å². The summed E-state index contributed by atoms with van der Waals surface area (Å²) in [6.45, 7) is 0. The first-order chi connectivity index (χ1) is 1.41. The average Bonchev–Trinajstić information content (AvgIpc) is 0.918. The van der Waals surface area contributed by atoms with Crippen LogP contribution in [-0.2, 0) is 0 Å². The molecule has 28 valence electrons. The summed E-state index contributed by atoms with van der Waals surface area (Å²) in [6.07, 6.45) is 4.08.